The summed E-state index contributed by atoms with van der Waals surface area (Å²) < 4.78 is 11.3. The summed E-state index contributed by atoms with van der Waals surface area (Å²) in [6.45, 7) is 11.7. The number of aliphatic hydroxyl groups is 3. The molecular weight excluding hydrogens is 606 g/mol. The highest BCUT2D eigenvalue weighted by Crippen LogP contribution is 2.29. The number of nitrogens with zero attached hydrogens (tertiary/aromatic N) is 3. The van der Waals surface area contributed by atoms with Crippen molar-refractivity contribution in [2.24, 2.45) is 17.8 Å². The molecule has 0 bridgehead atoms. The summed E-state index contributed by atoms with van der Waals surface area (Å²) in [4.78, 5) is 57.4. The number of piperazine rings is 1. The largest absolute Gasteiger partial charge is 0.449 e. The molecule has 3 N–H and O–H groups in total. The minimum Gasteiger partial charge on any atom is -0.449 e. The molecule has 0 spiro atoms. The van der Waals surface area contributed by atoms with Crippen molar-refractivity contribution in [3.8, 4) is 0 Å². The lowest BCUT2D eigenvalue weighted by atomic mass is 9.79. The lowest BCUT2D eigenvalue weighted by molar-refractivity contribution is -0.140. The number of likely N-dealkylation sites (tertiary alicyclic amines) is 1. The minimum atomic E-state index is -1.53. The standard InChI is InChI=1S/C35H55N3O9/c1-23(22-46-34(44)38-16-8-11-28(38)26(4)39)9-7-10-24(2)31-25(3)12-13-30(47-33(43)37-19-17-36(6)18-20-37)35(5,45)15-14-27(40)21-29(41)32(31)42/h7,9-10,12-13,23,25-28,30-31,39-40,45H,8,11,14-22H2,1-6H3/b9-7+,13-12+,24-10+/t23-,25-,26?,27-,28?,30-,31+,35-/m0/s1. The van der Waals surface area contributed by atoms with E-state index in [1.807, 2.05) is 20.0 Å². The van der Waals surface area contributed by atoms with Crippen LogP contribution < -0.4 is 0 Å². The number of hydrogen-bond acceptors (Lipinski definition) is 10. The van der Waals surface area contributed by atoms with E-state index in [1.165, 1.54) is 6.92 Å². The van der Waals surface area contributed by atoms with Crippen LogP contribution in [0.5, 0.6) is 0 Å². The van der Waals surface area contributed by atoms with Crippen LogP contribution in [0.25, 0.3) is 0 Å². The van der Waals surface area contributed by atoms with Crippen molar-refractivity contribution in [3.63, 3.8) is 0 Å². The first kappa shape index (κ1) is 38.4. The van der Waals surface area contributed by atoms with Gasteiger partial charge in [0.05, 0.1) is 30.8 Å². The van der Waals surface area contributed by atoms with Crippen molar-refractivity contribution < 1.29 is 44.0 Å². The van der Waals surface area contributed by atoms with Gasteiger partial charge >= 0.3 is 12.2 Å². The number of aliphatic hydroxyl groups excluding tert-OH is 2. The molecule has 8 atom stereocenters. The van der Waals surface area contributed by atoms with Gasteiger partial charge in [-0.25, -0.2) is 9.59 Å². The van der Waals surface area contributed by atoms with Crippen LogP contribution in [0.1, 0.15) is 66.7 Å². The van der Waals surface area contributed by atoms with Gasteiger partial charge in [-0.15, -0.1) is 0 Å². The van der Waals surface area contributed by atoms with Gasteiger partial charge in [-0.05, 0) is 65.5 Å². The molecule has 47 heavy (non-hydrogen) atoms. The van der Waals surface area contributed by atoms with Crippen LogP contribution in [-0.4, -0.2) is 130 Å². The van der Waals surface area contributed by atoms with Crippen molar-refractivity contribution >= 4 is 23.8 Å². The molecule has 3 aliphatic rings. The Morgan fingerprint density at radius 1 is 1.09 bits per heavy atom. The molecule has 0 aromatic rings. The molecule has 0 radical (unpaired) electrons. The predicted octanol–water partition coefficient (Wildman–Crippen LogP) is 3.10. The Bertz CT molecular complexity index is 1190. The van der Waals surface area contributed by atoms with Gasteiger partial charge in [-0.2, -0.15) is 0 Å². The Labute approximate surface area is 279 Å². The van der Waals surface area contributed by atoms with Crippen LogP contribution in [0, 0.1) is 17.8 Å². The molecule has 12 heteroatoms. The van der Waals surface area contributed by atoms with E-state index in [4.69, 9.17) is 9.47 Å². The van der Waals surface area contributed by atoms with Gasteiger partial charge in [0.25, 0.3) is 0 Å². The molecule has 2 amide bonds. The fourth-order valence-corrected chi connectivity index (χ4v) is 6.35. The molecule has 2 heterocycles. The molecule has 264 valence electrons. The number of ether oxygens (including phenoxy) is 2. The number of rotatable bonds is 7. The van der Waals surface area contributed by atoms with Crippen LogP contribution in [-0.2, 0) is 19.1 Å². The zero-order valence-corrected chi connectivity index (χ0v) is 28.8. The van der Waals surface area contributed by atoms with E-state index in [-0.39, 0.29) is 37.8 Å². The highest BCUT2D eigenvalue weighted by molar-refractivity contribution is 6.38. The minimum absolute atomic E-state index is 0.0418. The summed E-state index contributed by atoms with van der Waals surface area (Å²) in [5.41, 5.74) is -0.914. The van der Waals surface area contributed by atoms with E-state index < -0.39 is 59.5 Å². The zero-order valence-electron chi connectivity index (χ0n) is 28.8. The van der Waals surface area contributed by atoms with Gasteiger partial charge in [0.2, 0.25) is 11.6 Å². The van der Waals surface area contributed by atoms with Crippen molar-refractivity contribution in [1.82, 2.24) is 14.7 Å². The number of allylic oxidation sites excluding steroid dienone is 4. The van der Waals surface area contributed by atoms with Gasteiger partial charge in [-0.1, -0.05) is 43.7 Å². The smallest absolute Gasteiger partial charge is 0.410 e. The number of amides is 2. The fourth-order valence-electron chi connectivity index (χ4n) is 6.35. The van der Waals surface area contributed by atoms with E-state index >= 15 is 0 Å². The first-order chi connectivity index (χ1) is 22.1. The average molecular weight is 662 g/mol. The monoisotopic (exact) mass is 661 g/mol. The summed E-state index contributed by atoms with van der Waals surface area (Å²) in [5.74, 6) is -2.81. The van der Waals surface area contributed by atoms with Crippen LogP contribution in [0.4, 0.5) is 9.59 Å². The topological polar surface area (TPSA) is 157 Å². The molecule has 2 unspecified atom stereocenters. The molecule has 2 aliphatic heterocycles. The summed E-state index contributed by atoms with van der Waals surface area (Å²) in [5, 5.41) is 31.9. The Morgan fingerprint density at radius 3 is 2.43 bits per heavy atom. The van der Waals surface area contributed by atoms with E-state index in [0.29, 0.717) is 38.3 Å². The Balaban J connectivity index is 1.74. The van der Waals surface area contributed by atoms with Gasteiger partial charge in [0.1, 0.15) is 5.60 Å². The normalized spacial score (nSPS) is 32.4. The molecule has 0 aromatic heterocycles. The Morgan fingerprint density at radius 2 is 1.77 bits per heavy atom. The maximum atomic E-state index is 13.5. The molecule has 2 saturated heterocycles. The van der Waals surface area contributed by atoms with E-state index in [1.54, 1.807) is 54.9 Å². The van der Waals surface area contributed by atoms with E-state index in [0.717, 1.165) is 12.8 Å². The number of carbonyl (C=O) groups excluding carboxylic acids is 4. The van der Waals surface area contributed by atoms with Gasteiger partial charge in [0, 0.05) is 45.1 Å². The second-order valence-corrected chi connectivity index (χ2v) is 13.9. The van der Waals surface area contributed by atoms with Crippen LogP contribution in [0.3, 0.4) is 0 Å². The summed E-state index contributed by atoms with van der Waals surface area (Å²) in [7, 11) is 1.98. The predicted molar refractivity (Wildman–Crippen MR) is 176 cm³/mol. The highest BCUT2D eigenvalue weighted by atomic mass is 16.6. The number of carbonyl (C=O) groups is 4. The van der Waals surface area contributed by atoms with Gasteiger partial charge in [-0.3, -0.25) is 9.59 Å². The Hall–Kier alpha value is -3.06. The van der Waals surface area contributed by atoms with Crippen LogP contribution >= 0.6 is 0 Å². The fraction of sp³-hybridized carbons (Fsp3) is 0.714. The van der Waals surface area contributed by atoms with E-state index in [9.17, 15) is 34.5 Å². The summed E-state index contributed by atoms with van der Waals surface area (Å²) >= 11 is 0. The number of hydrogen-bond donors (Lipinski definition) is 3. The number of Topliss-reactive ketones (excluding diaryl/α,β-unsaturated/α-hetero) is 2. The SMILES string of the molecule is C/C(=C\C=C\[C@H](C)COC(=O)N1CCCC1C(C)O)[C@H]1C(=O)C(=O)C[C@@H](O)CC[C@](C)(O)[C@@H](OC(=O)N2CCN(C)CC2)/C=C/[C@@H]1C. The molecule has 0 aromatic carbocycles. The summed E-state index contributed by atoms with van der Waals surface area (Å²) in [6.07, 6.45) is 6.10. The molecular formula is C35H55N3O9. The van der Waals surface area contributed by atoms with Gasteiger partial charge in [0.15, 0.2) is 6.10 Å². The second kappa shape index (κ2) is 17.4. The van der Waals surface area contributed by atoms with Crippen molar-refractivity contribution in [2.45, 2.75) is 96.7 Å². The van der Waals surface area contributed by atoms with E-state index in [2.05, 4.69) is 4.90 Å². The first-order valence-electron chi connectivity index (χ1n) is 16.9. The third kappa shape index (κ3) is 11.0. The molecule has 2 fully saturated rings. The second-order valence-electron chi connectivity index (χ2n) is 13.9. The molecule has 1 aliphatic carbocycles. The van der Waals surface area contributed by atoms with Crippen molar-refractivity contribution in [1.29, 1.82) is 0 Å². The zero-order chi connectivity index (χ0) is 34.9. The van der Waals surface area contributed by atoms with Crippen LogP contribution in [0.2, 0.25) is 0 Å². The van der Waals surface area contributed by atoms with Crippen LogP contribution in [0.15, 0.2) is 36.0 Å². The number of likely N-dealkylation sites (N-methyl/N-ethyl adjacent to an activating group) is 1. The summed E-state index contributed by atoms with van der Waals surface area (Å²) in [6, 6.07) is -0.243. The van der Waals surface area contributed by atoms with Crippen molar-refractivity contribution in [2.75, 3.05) is 46.4 Å². The first-order valence-corrected chi connectivity index (χ1v) is 16.9. The quantitative estimate of drug-likeness (QED) is 0.210. The maximum absolute atomic E-state index is 13.5. The lowest BCUT2D eigenvalue weighted by Gasteiger charge is -2.36. The van der Waals surface area contributed by atoms with Crippen molar-refractivity contribution in [3.05, 3.63) is 36.0 Å². The maximum Gasteiger partial charge on any atom is 0.410 e. The third-order valence-corrected chi connectivity index (χ3v) is 9.53. The molecule has 0 saturated carbocycles. The van der Waals surface area contributed by atoms with Gasteiger partial charge < -0.3 is 39.5 Å². The third-order valence-electron chi connectivity index (χ3n) is 9.53. The molecule has 12 nitrogen and oxygen atoms in total. The molecule has 3 rings (SSSR count). The number of ketones is 2. The Kier molecular flexibility index (Phi) is 14.2. The highest BCUT2D eigenvalue weighted by Gasteiger charge is 2.38. The lowest BCUT2D eigenvalue weighted by Crippen LogP contribution is -2.50. The average Bonchev–Trinajstić information content (AvgIpc) is 3.51.